The fraction of sp³-hybridized carbons (Fsp3) is 0.550. The average Bonchev–Trinajstić information content (AvgIpc) is 3.23. The highest BCUT2D eigenvalue weighted by Crippen LogP contribution is 2.59. The number of hydrogen-bond acceptors (Lipinski definition) is 4. The molecule has 1 aliphatic heterocycles. The maximum Gasteiger partial charge on any atom is 0.307 e. The van der Waals surface area contributed by atoms with Crippen molar-refractivity contribution in [1.82, 2.24) is 4.90 Å². The Morgan fingerprint density at radius 1 is 1.08 bits per heavy atom. The fourth-order valence-corrected chi connectivity index (χ4v) is 4.11. The van der Waals surface area contributed by atoms with Gasteiger partial charge in [-0.05, 0) is 42.5 Å². The van der Waals surface area contributed by atoms with Gasteiger partial charge >= 0.3 is 5.97 Å². The average molecular weight is 359 g/mol. The van der Waals surface area contributed by atoms with Crippen LogP contribution in [0.2, 0.25) is 0 Å². The predicted octanol–water partition coefficient (Wildman–Crippen LogP) is 2.47. The molecule has 2 fully saturated rings. The normalized spacial score (nSPS) is 24.8. The van der Waals surface area contributed by atoms with E-state index in [1.54, 1.807) is 36.3 Å². The van der Waals surface area contributed by atoms with Crippen molar-refractivity contribution >= 4 is 17.7 Å². The first kappa shape index (κ1) is 18.4. The van der Waals surface area contributed by atoms with Crippen molar-refractivity contribution in [3.05, 3.63) is 29.8 Å². The lowest BCUT2D eigenvalue weighted by Crippen LogP contribution is -2.41. The van der Waals surface area contributed by atoms with Gasteiger partial charge in [-0.3, -0.25) is 14.4 Å². The van der Waals surface area contributed by atoms with E-state index in [1.807, 2.05) is 13.8 Å². The molecule has 1 aromatic carbocycles. The Hall–Kier alpha value is -2.37. The number of methoxy groups -OCH3 is 1. The van der Waals surface area contributed by atoms with E-state index < -0.39 is 23.2 Å². The summed E-state index contributed by atoms with van der Waals surface area (Å²) in [5.41, 5.74) is 0.170. The minimum absolute atomic E-state index is 0.0854. The van der Waals surface area contributed by atoms with Gasteiger partial charge in [0.2, 0.25) is 5.91 Å². The number of carbonyl (C=O) groups excluding carboxylic acids is 2. The maximum absolute atomic E-state index is 12.7. The van der Waals surface area contributed by atoms with E-state index in [4.69, 9.17) is 4.74 Å². The van der Waals surface area contributed by atoms with Crippen molar-refractivity contribution in [3.63, 3.8) is 0 Å². The highest BCUT2D eigenvalue weighted by atomic mass is 16.5. The maximum atomic E-state index is 12.7. The number of rotatable bonds is 5. The van der Waals surface area contributed by atoms with Crippen LogP contribution in [0.3, 0.4) is 0 Å². The molecule has 2 aliphatic rings. The van der Waals surface area contributed by atoms with Crippen LogP contribution >= 0.6 is 0 Å². The van der Waals surface area contributed by atoms with Crippen molar-refractivity contribution < 1.29 is 24.2 Å². The largest absolute Gasteiger partial charge is 0.497 e. The highest BCUT2D eigenvalue weighted by molar-refractivity contribution is 5.98. The van der Waals surface area contributed by atoms with Gasteiger partial charge in [0.1, 0.15) is 5.75 Å². The quantitative estimate of drug-likeness (QED) is 0.817. The summed E-state index contributed by atoms with van der Waals surface area (Å²) in [7, 11) is 1.58. The molecule has 1 N–H and O–H groups in total. The van der Waals surface area contributed by atoms with Crippen LogP contribution in [-0.4, -0.2) is 47.9 Å². The number of likely N-dealkylation sites (tertiary alicyclic amines) is 1. The summed E-state index contributed by atoms with van der Waals surface area (Å²) in [6.45, 7) is 4.66. The zero-order valence-electron chi connectivity index (χ0n) is 15.4. The molecule has 1 heterocycles. The third-order valence-electron chi connectivity index (χ3n) is 5.91. The Balaban J connectivity index is 1.58. The minimum Gasteiger partial charge on any atom is -0.497 e. The Labute approximate surface area is 153 Å². The van der Waals surface area contributed by atoms with Crippen molar-refractivity contribution in [2.75, 3.05) is 20.2 Å². The molecule has 2 atom stereocenters. The van der Waals surface area contributed by atoms with Crippen LogP contribution in [0.15, 0.2) is 24.3 Å². The fourth-order valence-electron chi connectivity index (χ4n) is 4.11. The summed E-state index contributed by atoms with van der Waals surface area (Å²) in [6, 6.07) is 7.08. The molecule has 6 nitrogen and oxygen atoms in total. The van der Waals surface area contributed by atoms with Gasteiger partial charge in [0.15, 0.2) is 5.78 Å². The molecule has 1 aliphatic carbocycles. The molecule has 0 unspecified atom stereocenters. The van der Waals surface area contributed by atoms with Crippen molar-refractivity contribution in [2.45, 2.75) is 26.7 Å². The van der Waals surface area contributed by atoms with Crippen LogP contribution < -0.4 is 4.74 Å². The number of aliphatic carboxylic acids is 1. The van der Waals surface area contributed by atoms with Crippen LogP contribution in [0.4, 0.5) is 0 Å². The molecule has 140 valence electrons. The molecule has 0 aromatic heterocycles. The second-order valence-electron chi connectivity index (χ2n) is 7.81. The number of amides is 1. The zero-order valence-corrected chi connectivity index (χ0v) is 15.4. The molecule has 0 radical (unpaired) electrons. The standard InChI is InChI=1S/C20H25NO5/c1-20(2)15(16(20)19(24)25)18(23)21-10-8-13(9-11-21)17(22)12-4-6-14(26-3)7-5-12/h4-7,13,15-16H,8-11H2,1-3H3,(H,24,25)/t15-,16+/m0/s1. The van der Waals surface area contributed by atoms with Crippen LogP contribution in [0.1, 0.15) is 37.0 Å². The van der Waals surface area contributed by atoms with E-state index in [0.717, 1.165) is 0 Å². The van der Waals surface area contributed by atoms with E-state index >= 15 is 0 Å². The van der Waals surface area contributed by atoms with Gasteiger partial charge in [-0.25, -0.2) is 0 Å². The lowest BCUT2D eigenvalue weighted by atomic mass is 9.88. The molecule has 3 rings (SSSR count). The van der Waals surface area contributed by atoms with Gasteiger partial charge in [0, 0.05) is 24.6 Å². The Morgan fingerprint density at radius 2 is 1.65 bits per heavy atom. The number of ketones is 1. The van der Waals surface area contributed by atoms with Crippen LogP contribution in [0.25, 0.3) is 0 Å². The van der Waals surface area contributed by atoms with Crippen LogP contribution in [-0.2, 0) is 9.59 Å². The topological polar surface area (TPSA) is 83.9 Å². The lowest BCUT2D eigenvalue weighted by molar-refractivity contribution is -0.142. The number of carbonyl (C=O) groups is 3. The van der Waals surface area contributed by atoms with Gasteiger partial charge in [0.25, 0.3) is 0 Å². The van der Waals surface area contributed by atoms with E-state index in [9.17, 15) is 19.5 Å². The molecule has 0 bridgehead atoms. The smallest absolute Gasteiger partial charge is 0.307 e. The summed E-state index contributed by atoms with van der Waals surface area (Å²) in [6.07, 6.45) is 1.23. The summed E-state index contributed by atoms with van der Waals surface area (Å²) >= 11 is 0. The van der Waals surface area contributed by atoms with E-state index in [-0.39, 0.29) is 17.6 Å². The third kappa shape index (κ3) is 3.20. The number of benzene rings is 1. The Bertz CT molecular complexity index is 716. The van der Waals surface area contributed by atoms with E-state index in [1.165, 1.54) is 0 Å². The molecular weight excluding hydrogens is 334 g/mol. The first-order valence-corrected chi connectivity index (χ1v) is 8.97. The third-order valence-corrected chi connectivity index (χ3v) is 5.91. The van der Waals surface area contributed by atoms with Crippen molar-refractivity contribution in [1.29, 1.82) is 0 Å². The van der Waals surface area contributed by atoms with E-state index in [0.29, 0.717) is 37.2 Å². The minimum atomic E-state index is -0.905. The molecule has 0 spiro atoms. The first-order valence-electron chi connectivity index (χ1n) is 8.97. The van der Waals surface area contributed by atoms with Gasteiger partial charge < -0.3 is 14.7 Å². The van der Waals surface area contributed by atoms with Gasteiger partial charge in [0.05, 0.1) is 18.9 Å². The van der Waals surface area contributed by atoms with Crippen LogP contribution in [0, 0.1) is 23.2 Å². The summed E-state index contributed by atoms with van der Waals surface area (Å²) in [5, 5.41) is 9.26. The number of ether oxygens (including phenoxy) is 1. The second kappa shape index (κ2) is 6.74. The second-order valence-corrected chi connectivity index (χ2v) is 7.81. The molecule has 1 amide bonds. The highest BCUT2D eigenvalue weighted by Gasteiger charge is 2.66. The zero-order chi connectivity index (χ0) is 19.1. The first-order chi connectivity index (χ1) is 12.3. The predicted molar refractivity (Wildman–Crippen MR) is 95.0 cm³/mol. The number of piperidine rings is 1. The molecule has 1 saturated heterocycles. The van der Waals surface area contributed by atoms with E-state index in [2.05, 4.69) is 0 Å². The molecular formula is C20H25NO5. The molecule has 6 heteroatoms. The number of carboxylic acids is 1. The number of Topliss-reactive ketones (excluding diaryl/α,β-unsaturated/α-hetero) is 1. The number of hydrogen-bond donors (Lipinski definition) is 1. The van der Waals surface area contributed by atoms with Crippen molar-refractivity contribution in [2.24, 2.45) is 23.2 Å². The summed E-state index contributed by atoms with van der Waals surface area (Å²) < 4.78 is 5.11. The Morgan fingerprint density at radius 3 is 2.12 bits per heavy atom. The lowest BCUT2D eigenvalue weighted by Gasteiger charge is -2.32. The molecule has 1 saturated carbocycles. The van der Waals surface area contributed by atoms with Crippen LogP contribution in [0.5, 0.6) is 5.75 Å². The number of carboxylic acid groups (broad SMARTS) is 1. The monoisotopic (exact) mass is 359 g/mol. The Kier molecular flexibility index (Phi) is 4.78. The van der Waals surface area contributed by atoms with Gasteiger partial charge in [-0.2, -0.15) is 0 Å². The van der Waals surface area contributed by atoms with Gasteiger partial charge in [-0.1, -0.05) is 13.8 Å². The summed E-state index contributed by atoms with van der Waals surface area (Å²) in [4.78, 5) is 38.3. The van der Waals surface area contributed by atoms with Gasteiger partial charge in [-0.15, -0.1) is 0 Å². The SMILES string of the molecule is COc1ccc(C(=O)C2CCN(C(=O)[C@@H]3[C@H](C(=O)O)C3(C)C)CC2)cc1. The molecule has 1 aromatic rings. The van der Waals surface area contributed by atoms with Crippen molar-refractivity contribution in [3.8, 4) is 5.75 Å². The summed E-state index contributed by atoms with van der Waals surface area (Å²) in [5.74, 6) is -1.34. The number of nitrogens with zero attached hydrogens (tertiary/aromatic N) is 1. The molecule has 26 heavy (non-hydrogen) atoms.